The van der Waals surface area contributed by atoms with Crippen LogP contribution in [-0.4, -0.2) is 54.5 Å². The molecule has 1 aliphatic carbocycles. The van der Waals surface area contributed by atoms with Crippen molar-refractivity contribution in [2.24, 2.45) is 11.1 Å². The number of nitrogens with one attached hydrogen (secondary N) is 1. The molecule has 0 amide bonds. The van der Waals surface area contributed by atoms with Crippen LogP contribution in [-0.2, 0) is 11.2 Å². The first-order valence-electron chi connectivity index (χ1n) is 12.2. The first-order valence-corrected chi connectivity index (χ1v) is 12.9. The molecule has 1 atom stereocenters. The van der Waals surface area contributed by atoms with Crippen molar-refractivity contribution in [3.05, 3.63) is 88.6 Å². The molecule has 5 nitrogen and oxygen atoms in total. The summed E-state index contributed by atoms with van der Waals surface area (Å²) in [7, 11) is 0. The van der Waals surface area contributed by atoms with Gasteiger partial charge in [-0.3, -0.25) is 0 Å². The molecular formula is C27H32F2N4OS. The number of nitrogens with zero attached hydrogens (tertiary/aromatic N) is 2. The molecule has 8 heteroatoms. The van der Waals surface area contributed by atoms with E-state index >= 15 is 0 Å². The van der Waals surface area contributed by atoms with E-state index in [-0.39, 0.29) is 17.0 Å². The highest BCUT2D eigenvalue weighted by molar-refractivity contribution is 7.94. The van der Waals surface area contributed by atoms with E-state index in [4.69, 9.17) is 10.5 Å². The Morgan fingerprint density at radius 1 is 0.943 bits per heavy atom. The first kappa shape index (κ1) is 24.5. The second-order valence-corrected chi connectivity index (χ2v) is 10.7. The van der Waals surface area contributed by atoms with Crippen LogP contribution in [0.25, 0.3) is 0 Å². The number of halogens is 2. The summed E-state index contributed by atoms with van der Waals surface area (Å²) in [6.45, 7) is 5.68. The molecule has 2 heterocycles. The molecule has 186 valence electrons. The molecule has 2 aromatic carbocycles. The van der Waals surface area contributed by atoms with Crippen LogP contribution in [0, 0.1) is 17.0 Å². The van der Waals surface area contributed by atoms with E-state index in [1.807, 2.05) is 24.3 Å². The van der Waals surface area contributed by atoms with Crippen LogP contribution >= 0.6 is 12.1 Å². The van der Waals surface area contributed by atoms with Crippen molar-refractivity contribution in [1.29, 1.82) is 0 Å². The van der Waals surface area contributed by atoms with Crippen LogP contribution in [0.2, 0.25) is 0 Å². The van der Waals surface area contributed by atoms with Gasteiger partial charge in [0, 0.05) is 61.7 Å². The van der Waals surface area contributed by atoms with E-state index in [1.54, 1.807) is 24.3 Å². The number of morpholine rings is 1. The second-order valence-electron chi connectivity index (χ2n) is 9.52. The van der Waals surface area contributed by atoms with E-state index in [9.17, 15) is 8.78 Å². The predicted octanol–water partition coefficient (Wildman–Crippen LogP) is 4.75. The molecule has 0 bridgehead atoms. The van der Waals surface area contributed by atoms with Gasteiger partial charge in [-0.2, -0.15) is 0 Å². The quantitative estimate of drug-likeness (QED) is 0.538. The van der Waals surface area contributed by atoms with Gasteiger partial charge in [-0.25, -0.2) is 17.4 Å². The van der Waals surface area contributed by atoms with Gasteiger partial charge in [-0.1, -0.05) is 17.7 Å². The summed E-state index contributed by atoms with van der Waals surface area (Å²) >= 11 is 1.82. The van der Waals surface area contributed by atoms with Crippen LogP contribution in [0.15, 0.2) is 71.5 Å². The molecule has 3 aliphatic rings. The standard InChI is InChI=1S/C27H32F2N4OS/c28-23-3-1-20(2-4-23)16-27-17-21(18-30)26(31-25-7-5-24(29)6-8-25)15-22(27)9-10-33(19-27)35-32-11-13-34-14-12-32/h1-8,15,31H,9-14,16-19,30H2. The number of rotatable bonds is 7. The summed E-state index contributed by atoms with van der Waals surface area (Å²) in [5.41, 5.74) is 11.7. The maximum atomic E-state index is 13.6. The number of fused-ring (bicyclic) bond motifs is 1. The molecule has 0 aromatic heterocycles. The molecule has 2 aliphatic heterocycles. The number of hydrogen-bond donors (Lipinski definition) is 2. The molecular weight excluding hydrogens is 466 g/mol. The Kier molecular flexibility index (Phi) is 7.55. The number of piperidine rings is 1. The highest BCUT2D eigenvalue weighted by Crippen LogP contribution is 2.48. The number of anilines is 1. The Morgan fingerprint density at radius 3 is 2.31 bits per heavy atom. The van der Waals surface area contributed by atoms with Gasteiger partial charge in [0.05, 0.1) is 13.2 Å². The summed E-state index contributed by atoms with van der Waals surface area (Å²) < 4.78 is 37.4. The Bertz CT molecular complexity index is 1080. The molecule has 35 heavy (non-hydrogen) atoms. The highest BCUT2D eigenvalue weighted by atomic mass is 32.2. The second kappa shape index (κ2) is 10.8. The van der Waals surface area contributed by atoms with Crippen LogP contribution in [0.5, 0.6) is 0 Å². The fourth-order valence-corrected chi connectivity index (χ4v) is 6.40. The van der Waals surface area contributed by atoms with Crippen molar-refractivity contribution in [3.8, 4) is 0 Å². The molecule has 0 saturated carbocycles. The Labute approximate surface area is 210 Å². The van der Waals surface area contributed by atoms with Gasteiger partial charge in [0.2, 0.25) is 0 Å². The van der Waals surface area contributed by atoms with Crippen molar-refractivity contribution in [2.75, 3.05) is 51.3 Å². The monoisotopic (exact) mass is 498 g/mol. The van der Waals surface area contributed by atoms with E-state index in [2.05, 4.69) is 20.0 Å². The summed E-state index contributed by atoms with van der Waals surface area (Å²) in [4.78, 5) is 0. The normalized spacial score (nSPS) is 23.7. The van der Waals surface area contributed by atoms with Crippen LogP contribution in [0.3, 0.4) is 0 Å². The maximum Gasteiger partial charge on any atom is 0.123 e. The van der Waals surface area contributed by atoms with E-state index in [0.717, 1.165) is 81.2 Å². The fraction of sp³-hybridized carbons (Fsp3) is 0.407. The number of ether oxygens (including phenoxy) is 1. The molecule has 2 fully saturated rings. The van der Waals surface area contributed by atoms with Gasteiger partial charge < -0.3 is 15.8 Å². The van der Waals surface area contributed by atoms with Gasteiger partial charge in [0.25, 0.3) is 0 Å². The summed E-state index contributed by atoms with van der Waals surface area (Å²) in [6.07, 6.45) is 4.86. The maximum absolute atomic E-state index is 13.6. The molecule has 5 rings (SSSR count). The lowest BCUT2D eigenvalue weighted by atomic mass is 9.65. The lowest BCUT2D eigenvalue weighted by Crippen LogP contribution is -2.47. The molecule has 2 saturated heterocycles. The van der Waals surface area contributed by atoms with Gasteiger partial charge >= 0.3 is 0 Å². The molecule has 1 unspecified atom stereocenters. The van der Waals surface area contributed by atoms with Crippen molar-refractivity contribution < 1.29 is 13.5 Å². The Morgan fingerprint density at radius 2 is 1.63 bits per heavy atom. The van der Waals surface area contributed by atoms with Crippen LogP contribution in [0.1, 0.15) is 18.4 Å². The zero-order chi connectivity index (χ0) is 24.3. The third-order valence-corrected chi connectivity index (χ3v) is 8.21. The average Bonchev–Trinajstić information content (AvgIpc) is 2.87. The first-order chi connectivity index (χ1) is 17.0. The lowest BCUT2D eigenvalue weighted by Gasteiger charge is -2.48. The number of hydrogen-bond acceptors (Lipinski definition) is 6. The lowest BCUT2D eigenvalue weighted by molar-refractivity contribution is 0.0748. The minimum absolute atomic E-state index is 0.113. The Hall–Kier alpha value is -2.23. The van der Waals surface area contributed by atoms with Crippen molar-refractivity contribution in [2.45, 2.75) is 19.3 Å². The zero-order valence-electron chi connectivity index (χ0n) is 19.8. The summed E-state index contributed by atoms with van der Waals surface area (Å²) in [6, 6.07) is 13.3. The highest BCUT2D eigenvalue weighted by Gasteiger charge is 2.43. The predicted molar refractivity (Wildman–Crippen MR) is 138 cm³/mol. The van der Waals surface area contributed by atoms with E-state index in [1.165, 1.54) is 17.7 Å². The number of nitrogens with two attached hydrogens (primary N) is 1. The molecule has 2 aromatic rings. The van der Waals surface area contributed by atoms with Crippen LogP contribution in [0.4, 0.5) is 14.5 Å². The van der Waals surface area contributed by atoms with Crippen molar-refractivity contribution in [1.82, 2.24) is 8.61 Å². The average molecular weight is 499 g/mol. The minimum Gasteiger partial charge on any atom is -0.379 e. The molecule has 0 radical (unpaired) electrons. The topological polar surface area (TPSA) is 53.8 Å². The Balaban J connectivity index is 1.42. The number of allylic oxidation sites excluding steroid dienone is 1. The van der Waals surface area contributed by atoms with Crippen molar-refractivity contribution in [3.63, 3.8) is 0 Å². The fourth-order valence-electron chi connectivity index (χ4n) is 5.28. The smallest absolute Gasteiger partial charge is 0.123 e. The third-order valence-electron chi connectivity index (χ3n) is 7.07. The van der Waals surface area contributed by atoms with Gasteiger partial charge in [0.15, 0.2) is 0 Å². The minimum atomic E-state index is -0.256. The SMILES string of the molecule is NCC1=C(Nc2ccc(F)cc2)C=C2CCN(SN3CCOCC3)CC2(Cc2ccc(F)cc2)C1. The van der Waals surface area contributed by atoms with Gasteiger partial charge in [0.1, 0.15) is 11.6 Å². The van der Waals surface area contributed by atoms with Gasteiger partial charge in [-0.15, -0.1) is 0 Å². The third kappa shape index (κ3) is 5.78. The summed E-state index contributed by atoms with van der Waals surface area (Å²) in [5.74, 6) is -0.471. The molecule has 0 spiro atoms. The van der Waals surface area contributed by atoms with E-state index < -0.39 is 0 Å². The zero-order valence-corrected chi connectivity index (χ0v) is 20.6. The van der Waals surface area contributed by atoms with Crippen LogP contribution < -0.4 is 11.1 Å². The van der Waals surface area contributed by atoms with E-state index in [0.29, 0.717) is 6.54 Å². The van der Waals surface area contributed by atoms with Crippen molar-refractivity contribution >= 4 is 17.8 Å². The number of benzene rings is 2. The summed E-state index contributed by atoms with van der Waals surface area (Å²) in [5, 5.41) is 3.47. The largest absolute Gasteiger partial charge is 0.379 e. The molecule has 3 N–H and O–H groups in total. The van der Waals surface area contributed by atoms with Gasteiger partial charge in [-0.05, 0) is 72.9 Å².